The lowest BCUT2D eigenvalue weighted by Gasteiger charge is -1.81. The van der Waals surface area contributed by atoms with Gasteiger partial charge in [-0.15, -0.1) is 0 Å². The number of rotatable bonds is 1. The molecule has 1 rings (SSSR count). The van der Waals surface area contributed by atoms with Crippen molar-refractivity contribution in [3.8, 4) is 0 Å². The van der Waals surface area contributed by atoms with Gasteiger partial charge in [0.15, 0.2) is 0 Å². The highest BCUT2D eigenvalue weighted by molar-refractivity contribution is 14.1. The Morgan fingerprint density at radius 3 is 2.70 bits per heavy atom. The van der Waals surface area contributed by atoms with Crippen molar-refractivity contribution >= 4 is 28.4 Å². The van der Waals surface area contributed by atoms with E-state index < -0.39 is 4.92 Å². The van der Waals surface area contributed by atoms with Crippen LogP contribution in [0.5, 0.6) is 0 Å². The van der Waals surface area contributed by atoms with Gasteiger partial charge in [-0.3, -0.25) is 0 Å². The van der Waals surface area contributed by atoms with Crippen LogP contribution >= 0.6 is 22.6 Å². The van der Waals surface area contributed by atoms with Crippen LogP contribution < -0.4 is 0 Å². The summed E-state index contributed by atoms with van der Waals surface area (Å²) in [4.78, 5) is 9.58. The molecule has 6 heteroatoms. The van der Waals surface area contributed by atoms with Gasteiger partial charge in [-0.1, -0.05) is 0 Å². The van der Waals surface area contributed by atoms with E-state index in [9.17, 15) is 10.1 Å². The van der Waals surface area contributed by atoms with Gasteiger partial charge in [-0.05, 0) is 27.5 Å². The minimum atomic E-state index is -0.512. The Hall–Kier alpha value is -0.660. The third-order valence-electron chi connectivity index (χ3n) is 0.997. The molecule has 0 amide bonds. The summed E-state index contributed by atoms with van der Waals surface area (Å²) in [6.07, 6.45) is 0. The molecule has 54 valence electrons. The van der Waals surface area contributed by atoms with Crippen molar-refractivity contribution in [2.24, 2.45) is 7.05 Å². The Morgan fingerprint density at radius 2 is 2.50 bits per heavy atom. The van der Waals surface area contributed by atoms with Crippen LogP contribution in [-0.2, 0) is 7.05 Å². The van der Waals surface area contributed by atoms with E-state index in [0.29, 0.717) is 0 Å². The van der Waals surface area contributed by atoms with Crippen LogP contribution in [0.15, 0.2) is 6.07 Å². The van der Waals surface area contributed by atoms with Gasteiger partial charge >= 0.3 is 5.82 Å². The summed E-state index contributed by atoms with van der Waals surface area (Å²) in [5, 5.41) is 13.7. The molecular formula is C4H4IN3O2. The van der Waals surface area contributed by atoms with Crippen molar-refractivity contribution in [2.45, 2.75) is 0 Å². The first-order valence-electron chi connectivity index (χ1n) is 2.45. The minimum Gasteiger partial charge on any atom is -0.358 e. The normalized spacial score (nSPS) is 9.80. The van der Waals surface area contributed by atoms with Crippen molar-refractivity contribution < 1.29 is 4.92 Å². The van der Waals surface area contributed by atoms with Crippen LogP contribution in [0.25, 0.3) is 0 Å². The highest BCUT2D eigenvalue weighted by Gasteiger charge is 2.12. The first-order valence-corrected chi connectivity index (χ1v) is 3.53. The Kier molecular flexibility index (Phi) is 1.88. The topological polar surface area (TPSA) is 61.0 Å². The Bertz CT molecular complexity index is 250. The summed E-state index contributed by atoms with van der Waals surface area (Å²) < 4.78 is 2.21. The van der Waals surface area contributed by atoms with Crippen molar-refractivity contribution in [1.29, 1.82) is 0 Å². The fourth-order valence-corrected chi connectivity index (χ4v) is 0.906. The number of hydrogen-bond acceptors (Lipinski definition) is 3. The minimum absolute atomic E-state index is 0.105. The largest absolute Gasteiger partial charge is 0.391 e. The van der Waals surface area contributed by atoms with E-state index >= 15 is 0 Å². The molecule has 0 bridgehead atoms. The lowest BCUT2D eigenvalue weighted by atomic mass is 10.7. The molecule has 0 aliphatic heterocycles. The van der Waals surface area contributed by atoms with Crippen molar-refractivity contribution in [1.82, 2.24) is 9.78 Å². The van der Waals surface area contributed by atoms with Gasteiger partial charge in [0.05, 0.1) is 18.2 Å². The molecule has 0 N–H and O–H groups in total. The molecule has 0 atom stereocenters. The predicted molar refractivity (Wildman–Crippen MR) is 42.6 cm³/mol. The third kappa shape index (κ3) is 1.25. The van der Waals surface area contributed by atoms with Crippen molar-refractivity contribution in [2.75, 3.05) is 0 Å². The molecule has 1 aromatic heterocycles. The van der Waals surface area contributed by atoms with Crippen LogP contribution in [0.3, 0.4) is 0 Å². The van der Waals surface area contributed by atoms with Crippen molar-refractivity contribution in [3.05, 3.63) is 19.9 Å². The maximum atomic E-state index is 10.1. The molecule has 0 fully saturated rings. The third-order valence-corrected chi connectivity index (χ3v) is 2.01. The van der Waals surface area contributed by atoms with E-state index in [2.05, 4.69) is 5.10 Å². The summed E-state index contributed by atoms with van der Waals surface area (Å²) in [6, 6.07) is 1.42. The van der Waals surface area contributed by atoms with E-state index in [1.165, 1.54) is 10.7 Å². The number of aromatic nitrogens is 2. The summed E-state index contributed by atoms with van der Waals surface area (Å²) in [6.45, 7) is 0. The SMILES string of the molecule is Cn1nc([N+](=O)[O-])cc1I. The van der Waals surface area contributed by atoms with Crippen LogP contribution in [0.4, 0.5) is 5.82 Å². The summed E-state index contributed by atoms with van der Waals surface area (Å²) >= 11 is 1.97. The molecule has 0 saturated carbocycles. The summed E-state index contributed by atoms with van der Waals surface area (Å²) in [5.41, 5.74) is 0. The zero-order valence-corrected chi connectivity index (χ0v) is 7.27. The highest BCUT2D eigenvalue weighted by Crippen LogP contribution is 2.11. The molecule has 0 spiro atoms. The maximum Gasteiger partial charge on any atom is 0.391 e. The zero-order valence-electron chi connectivity index (χ0n) is 5.11. The second-order valence-corrected chi connectivity index (χ2v) is 2.81. The van der Waals surface area contributed by atoms with Gasteiger partial charge in [0.25, 0.3) is 0 Å². The van der Waals surface area contributed by atoms with Crippen LogP contribution in [0, 0.1) is 13.8 Å². The predicted octanol–water partition coefficient (Wildman–Crippen LogP) is 0.933. The molecule has 0 saturated heterocycles. The van der Waals surface area contributed by atoms with Crippen LogP contribution in [0.2, 0.25) is 0 Å². The standard InChI is InChI=1S/C4H4IN3O2/c1-7-3(5)2-4(6-7)8(9)10/h2H,1H3. The van der Waals surface area contributed by atoms with E-state index in [4.69, 9.17) is 0 Å². The number of nitro groups is 1. The van der Waals surface area contributed by atoms with E-state index in [1.54, 1.807) is 7.05 Å². The number of halogens is 1. The molecule has 5 nitrogen and oxygen atoms in total. The Labute approximate surface area is 70.3 Å². The lowest BCUT2D eigenvalue weighted by molar-refractivity contribution is -0.389. The first kappa shape index (κ1) is 7.45. The molecule has 0 unspecified atom stereocenters. The first-order chi connectivity index (χ1) is 4.61. The fraction of sp³-hybridized carbons (Fsp3) is 0.250. The quantitative estimate of drug-likeness (QED) is 0.425. The highest BCUT2D eigenvalue weighted by atomic mass is 127. The van der Waals surface area contributed by atoms with Gasteiger partial charge in [0, 0.05) is 0 Å². The molecule has 10 heavy (non-hydrogen) atoms. The molecule has 0 radical (unpaired) electrons. The van der Waals surface area contributed by atoms with Gasteiger partial charge in [-0.25, -0.2) is 0 Å². The molecular weight excluding hydrogens is 249 g/mol. The van der Waals surface area contributed by atoms with Gasteiger partial charge in [0.2, 0.25) is 0 Å². The maximum absolute atomic E-state index is 10.1. The monoisotopic (exact) mass is 253 g/mol. The Morgan fingerprint density at radius 1 is 1.90 bits per heavy atom. The second kappa shape index (κ2) is 2.52. The Balaban J connectivity index is 3.10. The molecule has 1 aromatic rings. The fourth-order valence-electron chi connectivity index (χ4n) is 0.519. The number of hydrogen-bond donors (Lipinski definition) is 0. The average Bonchev–Trinajstić information content (AvgIpc) is 2.13. The van der Waals surface area contributed by atoms with Crippen LogP contribution in [-0.4, -0.2) is 14.7 Å². The molecule has 0 aliphatic carbocycles. The van der Waals surface area contributed by atoms with Gasteiger partial charge in [0.1, 0.15) is 3.70 Å². The van der Waals surface area contributed by atoms with E-state index in [0.717, 1.165) is 3.70 Å². The average molecular weight is 253 g/mol. The molecule has 1 heterocycles. The van der Waals surface area contributed by atoms with Gasteiger partial charge < -0.3 is 10.1 Å². The van der Waals surface area contributed by atoms with Gasteiger partial charge in [-0.2, -0.15) is 4.68 Å². The van der Waals surface area contributed by atoms with Crippen molar-refractivity contribution in [3.63, 3.8) is 0 Å². The lowest BCUT2D eigenvalue weighted by Crippen LogP contribution is -1.93. The number of aryl methyl sites for hydroxylation is 1. The molecule has 0 aromatic carbocycles. The van der Waals surface area contributed by atoms with E-state index in [1.807, 2.05) is 22.6 Å². The van der Waals surface area contributed by atoms with Crippen LogP contribution in [0.1, 0.15) is 0 Å². The second-order valence-electron chi connectivity index (χ2n) is 1.71. The van der Waals surface area contributed by atoms with E-state index in [-0.39, 0.29) is 5.82 Å². The smallest absolute Gasteiger partial charge is 0.358 e. The number of nitrogens with zero attached hydrogens (tertiary/aromatic N) is 3. The zero-order chi connectivity index (χ0) is 7.72. The summed E-state index contributed by atoms with van der Waals surface area (Å²) in [7, 11) is 1.66. The molecule has 0 aliphatic rings. The summed E-state index contributed by atoms with van der Waals surface area (Å²) in [5.74, 6) is -0.105.